The third-order valence-corrected chi connectivity index (χ3v) is 3.55. The van der Waals surface area contributed by atoms with Crippen molar-refractivity contribution in [3.05, 3.63) is 0 Å². The first-order chi connectivity index (χ1) is 7.13. The Morgan fingerprint density at radius 2 is 2.20 bits per heavy atom. The number of aliphatic hydroxyl groups excluding tert-OH is 1. The summed E-state index contributed by atoms with van der Waals surface area (Å²) in [5, 5.41) is 8.80. The smallest absolute Gasteiger partial charge is 0.0446 e. The van der Waals surface area contributed by atoms with E-state index in [4.69, 9.17) is 10.8 Å². The molecule has 15 heavy (non-hydrogen) atoms. The van der Waals surface area contributed by atoms with E-state index in [1.165, 1.54) is 25.7 Å². The molecule has 1 aliphatic rings. The Kier molecular flexibility index (Phi) is 5.58. The van der Waals surface area contributed by atoms with Crippen LogP contribution in [0.25, 0.3) is 0 Å². The minimum Gasteiger partial charge on any atom is -0.396 e. The zero-order chi connectivity index (χ0) is 11.3. The van der Waals surface area contributed by atoms with Crippen LogP contribution in [0.1, 0.15) is 39.0 Å². The van der Waals surface area contributed by atoms with Gasteiger partial charge in [-0.3, -0.25) is 0 Å². The molecule has 0 amide bonds. The van der Waals surface area contributed by atoms with Crippen molar-refractivity contribution in [2.24, 2.45) is 11.7 Å². The van der Waals surface area contributed by atoms with Gasteiger partial charge in [0.25, 0.3) is 0 Å². The van der Waals surface area contributed by atoms with Crippen LogP contribution < -0.4 is 5.73 Å². The van der Waals surface area contributed by atoms with Gasteiger partial charge in [0.05, 0.1) is 0 Å². The van der Waals surface area contributed by atoms with Gasteiger partial charge in [-0.1, -0.05) is 19.8 Å². The summed E-state index contributed by atoms with van der Waals surface area (Å²) < 4.78 is 0. The Morgan fingerprint density at radius 1 is 1.47 bits per heavy atom. The maximum atomic E-state index is 8.80. The second-order valence-corrected chi connectivity index (χ2v) is 5.14. The van der Waals surface area contributed by atoms with Crippen LogP contribution in [-0.2, 0) is 0 Å². The number of nitrogens with two attached hydrogens (primary N) is 1. The molecule has 0 spiro atoms. The van der Waals surface area contributed by atoms with E-state index in [2.05, 4.69) is 18.9 Å². The number of nitrogens with zero attached hydrogens (tertiary/aromatic N) is 1. The Labute approximate surface area is 93.6 Å². The third kappa shape index (κ3) is 4.49. The first kappa shape index (κ1) is 12.9. The molecule has 1 saturated carbocycles. The molecule has 0 radical (unpaired) electrons. The zero-order valence-corrected chi connectivity index (χ0v) is 10.2. The van der Waals surface area contributed by atoms with Crippen LogP contribution in [0.2, 0.25) is 0 Å². The lowest BCUT2D eigenvalue weighted by molar-refractivity contribution is 0.150. The molecule has 0 heterocycles. The summed E-state index contributed by atoms with van der Waals surface area (Å²) in [5.41, 5.74) is 5.92. The van der Waals surface area contributed by atoms with Crippen molar-refractivity contribution in [1.82, 2.24) is 4.90 Å². The van der Waals surface area contributed by atoms with Gasteiger partial charge >= 0.3 is 0 Å². The normalized spacial score (nSPS) is 29.4. The quantitative estimate of drug-likeness (QED) is 0.723. The molecule has 1 fully saturated rings. The molecule has 1 aliphatic carbocycles. The van der Waals surface area contributed by atoms with Gasteiger partial charge in [0.1, 0.15) is 0 Å². The molecule has 0 aromatic heterocycles. The predicted octanol–water partition coefficient (Wildman–Crippen LogP) is 1.21. The van der Waals surface area contributed by atoms with Gasteiger partial charge in [-0.25, -0.2) is 0 Å². The van der Waals surface area contributed by atoms with Gasteiger partial charge in [0.2, 0.25) is 0 Å². The van der Waals surface area contributed by atoms with E-state index in [9.17, 15) is 0 Å². The SMILES string of the molecule is CC1CCCC(N(C)CC(N)CCO)C1. The molecule has 0 saturated heterocycles. The van der Waals surface area contributed by atoms with Crippen molar-refractivity contribution in [3.63, 3.8) is 0 Å². The summed E-state index contributed by atoms with van der Waals surface area (Å²) in [6.45, 7) is 3.46. The Morgan fingerprint density at radius 3 is 2.80 bits per heavy atom. The zero-order valence-electron chi connectivity index (χ0n) is 10.2. The number of hydrogen-bond donors (Lipinski definition) is 2. The molecule has 3 heteroatoms. The second-order valence-electron chi connectivity index (χ2n) is 5.14. The molecule has 90 valence electrons. The largest absolute Gasteiger partial charge is 0.396 e. The van der Waals surface area contributed by atoms with Crippen LogP contribution in [0.4, 0.5) is 0 Å². The minimum atomic E-state index is 0.122. The van der Waals surface area contributed by atoms with Crippen molar-refractivity contribution in [3.8, 4) is 0 Å². The monoisotopic (exact) mass is 214 g/mol. The lowest BCUT2D eigenvalue weighted by Crippen LogP contribution is -2.43. The predicted molar refractivity (Wildman–Crippen MR) is 63.7 cm³/mol. The highest BCUT2D eigenvalue weighted by Crippen LogP contribution is 2.26. The first-order valence-corrected chi connectivity index (χ1v) is 6.20. The molecule has 0 aromatic rings. The Bertz CT molecular complexity index is 175. The maximum absolute atomic E-state index is 8.80. The average Bonchev–Trinajstić information content (AvgIpc) is 2.18. The van der Waals surface area contributed by atoms with Gasteiger partial charge < -0.3 is 15.7 Å². The standard InChI is InChI=1S/C12H26N2O/c1-10-4-3-5-12(8-10)14(2)9-11(13)6-7-15/h10-12,15H,3-9,13H2,1-2H3. The van der Waals surface area contributed by atoms with Crippen LogP contribution in [-0.4, -0.2) is 42.3 Å². The van der Waals surface area contributed by atoms with E-state index in [-0.39, 0.29) is 12.6 Å². The van der Waals surface area contributed by atoms with Crippen molar-refractivity contribution >= 4 is 0 Å². The summed E-state index contributed by atoms with van der Waals surface area (Å²) in [7, 11) is 2.17. The highest BCUT2D eigenvalue weighted by atomic mass is 16.3. The molecule has 0 aromatic carbocycles. The van der Waals surface area contributed by atoms with Gasteiger partial charge in [-0.2, -0.15) is 0 Å². The van der Waals surface area contributed by atoms with E-state index in [1.807, 2.05) is 0 Å². The van der Waals surface area contributed by atoms with Crippen LogP contribution in [0.3, 0.4) is 0 Å². The summed E-state index contributed by atoms with van der Waals surface area (Å²) in [6.07, 6.45) is 6.07. The molecule has 1 rings (SSSR count). The maximum Gasteiger partial charge on any atom is 0.0446 e. The van der Waals surface area contributed by atoms with Gasteiger partial charge in [0, 0.05) is 25.2 Å². The molecule has 3 atom stereocenters. The lowest BCUT2D eigenvalue weighted by atomic mass is 9.86. The van der Waals surface area contributed by atoms with E-state index >= 15 is 0 Å². The van der Waals surface area contributed by atoms with Crippen LogP contribution in [0.15, 0.2) is 0 Å². The van der Waals surface area contributed by atoms with Crippen molar-refractivity contribution < 1.29 is 5.11 Å². The fourth-order valence-corrected chi connectivity index (χ4v) is 2.58. The summed E-state index contributed by atoms with van der Waals surface area (Å²) in [6, 6.07) is 0.829. The number of aliphatic hydroxyl groups is 1. The second kappa shape index (κ2) is 6.46. The molecule has 3 N–H and O–H groups in total. The molecule has 0 aliphatic heterocycles. The number of likely N-dealkylation sites (N-methyl/N-ethyl adjacent to an activating group) is 1. The molecule has 3 unspecified atom stereocenters. The van der Waals surface area contributed by atoms with Gasteiger partial charge in [-0.05, 0) is 32.2 Å². The van der Waals surface area contributed by atoms with Crippen LogP contribution in [0, 0.1) is 5.92 Å². The summed E-state index contributed by atoms with van der Waals surface area (Å²) >= 11 is 0. The van der Waals surface area contributed by atoms with Crippen molar-refractivity contribution in [1.29, 1.82) is 0 Å². The van der Waals surface area contributed by atoms with Crippen LogP contribution >= 0.6 is 0 Å². The van der Waals surface area contributed by atoms with E-state index in [0.29, 0.717) is 12.5 Å². The molecule has 3 nitrogen and oxygen atoms in total. The van der Waals surface area contributed by atoms with E-state index in [0.717, 1.165) is 12.5 Å². The van der Waals surface area contributed by atoms with E-state index < -0.39 is 0 Å². The third-order valence-electron chi connectivity index (χ3n) is 3.55. The molecular weight excluding hydrogens is 188 g/mol. The van der Waals surface area contributed by atoms with Crippen LogP contribution in [0.5, 0.6) is 0 Å². The lowest BCUT2D eigenvalue weighted by Gasteiger charge is -2.35. The van der Waals surface area contributed by atoms with Gasteiger partial charge in [0.15, 0.2) is 0 Å². The highest BCUT2D eigenvalue weighted by molar-refractivity contribution is 4.79. The number of rotatable bonds is 5. The van der Waals surface area contributed by atoms with Gasteiger partial charge in [-0.15, -0.1) is 0 Å². The Hall–Kier alpha value is -0.120. The average molecular weight is 214 g/mol. The van der Waals surface area contributed by atoms with Crippen molar-refractivity contribution in [2.75, 3.05) is 20.2 Å². The molecular formula is C12H26N2O. The first-order valence-electron chi connectivity index (χ1n) is 6.20. The molecule has 0 bridgehead atoms. The van der Waals surface area contributed by atoms with Crippen molar-refractivity contribution in [2.45, 2.75) is 51.1 Å². The summed E-state index contributed by atoms with van der Waals surface area (Å²) in [5.74, 6) is 0.861. The summed E-state index contributed by atoms with van der Waals surface area (Å²) in [4.78, 5) is 2.38. The fraction of sp³-hybridized carbons (Fsp3) is 1.00. The topological polar surface area (TPSA) is 49.5 Å². The Balaban J connectivity index is 2.28. The number of hydrogen-bond acceptors (Lipinski definition) is 3. The fourth-order valence-electron chi connectivity index (χ4n) is 2.58. The minimum absolute atomic E-state index is 0.122. The highest BCUT2D eigenvalue weighted by Gasteiger charge is 2.22. The van der Waals surface area contributed by atoms with E-state index in [1.54, 1.807) is 0 Å².